The first-order chi connectivity index (χ1) is 12.7. The molecule has 0 atom stereocenters. The molecule has 7 nitrogen and oxygen atoms in total. The van der Waals surface area contributed by atoms with Crippen LogP contribution in [0.5, 0.6) is 0 Å². The number of hydrogen-bond acceptors (Lipinski definition) is 6. The third-order valence-corrected chi connectivity index (χ3v) is 6.22. The fourth-order valence-electron chi connectivity index (χ4n) is 3.73. The highest BCUT2D eigenvalue weighted by molar-refractivity contribution is 6.62. The van der Waals surface area contributed by atoms with E-state index in [4.69, 9.17) is 9.31 Å². The van der Waals surface area contributed by atoms with E-state index in [0.29, 0.717) is 0 Å². The largest absolute Gasteiger partial charge is 0.496 e. The number of anilines is 1. The molecule has 0 unspecified atom stereocenters. The molecule has 0 saturated carbocycles. The van der Waals surface area contributed by atoms with Crippen LogP contribution in [0.15, 0.2) is 24.5 Å². The van der Waals surface area contributed by atoms with Gasteiger partial charge in [-0.1, -0.05) is 0 Å². The lowest BCUT2D eigenvalue weighted by Crippen LogP contribution is -2.51. The Hall–Kier alpha value is -1.54. The van der Waals surface area contributed by atoms with Gasteiger partial charge in [0.25, 0.3) is 0 Å². The van der Waals surface area contributed by atoms with Gasteiger partial charge >= 0.3 is 14.2 Å². The van der Waals surface area contributed by atoms with Gasteiger partial charge in [0.05, 0.1) is 22.4 Å². The summed E-state index contributed by atoms with van der Waals surface area (Å²) in [5.74, 6) is 0. The fraction of sp³-hybridized carbons (Fsp3) is 0.611. The minimum absolute atomic E-state index is 0.362. The summed E-state index contributed by atoms with van der Waals surface area (Å²) in [4.78, 5) is 4.44. The van der Waals surface area contributed by atoms with Gasteiger partial charge in [0, 0.05) is 44.0 Å². The van der Waals surface area contributed by atoms with Crippen LogP contribution in [0.1, 0.15) is 27.7 Å². The van der Waals surface area contributed by atoms with Crippen molar-refractivity contribution in [3.05, 3.63) is 24.5 Å². The lowest BCUT2D eigenvalue weighted by molar-refractivity contribution is 0.00578. The zero-order valence-corrected chi connectivity index (χ0v) is 16.8. The van der Waals surface area contributed by atoms with Gasteiger partial charge in [-0.25, -0.2) is 4.52 Å². The second-order valence-corrected chi connectivity index (χ2v) is 8.56. The highest BCUT2D eigenvalue weighted by atomic mass is 16.7. The minimum atomic E-state index is -0.395. The van der Waals surface area contributed by atoms with Gasteiger partial charge < -0.3 is 24.0 Å². The van der Waals surface area contributed by atoms with Gasteiger partial charge in [-0.2, -0.15) is 5.10 Å². The lowest BCUT2D eigenvalue weighted by atomic mass is 9.81. The molecule has 27 heavy (non-hydrogen) atoms. The van der Waals surface area contributed by atoms with E-state index in [1.165, 1.54) is 0 Å². The summed E-state index contributed by atoms with van der Waals surface area (Å²) in [5.41, 5.74) is 2.46. The number of piperazine rings is 1. The number of aromatic nitrogens is 2. The summed E-state index contributed by atoms with van der Waals surface area (Å²) in [6.45, 7) is 13.5. The summed E-state index contributed by atoms with van der Waals surface area (Å²) in [5, 5.41) is 14.3. The van der Waals surface area contributed by atoms with E-state index in [9.17, 15) is 5.02 Å². The number of fused-ring (bicyclic) bond motifs is 1. The van der Waals surface area contributed by atoms with Crippen molar-refractivity contribution >= 4 is 30.8 Å². The van der Waals surface area contributed by atoms with Crippen molar-refractivity contribution in [2.75, 3.05) is 31.1 Å². The molecule has 2 aliphatic heterocycles. The first kappa shape index (κ1) is 18.8. The molecule has 2 saturated heterocycles. The van der Waals surface area contributed by atoms with E-state index in [2.05, 4.69) is 54.6 Å². The molecule has 4 heterocycles. The molecular formula is C18H28B2N4O3. The van der Waals surface area contributed by atoms with Crippen molar-refractivity contribution < 1.29 is 14.3 Å². The van der Waals surface area contributed by atoms with E-state index in [-0.39, 0.29) is 11.2 Å². The second-order valence-electron chi connectivity index (χ2n) is 8.56. The van der Waals surface area contributed by atoms with E-state index in [1.54, 1.807) is 0 Å². The molecule has 0 amide bonds. The van der Waals surface area contributed by atoms with Gasteiger partial charge in [0.15, 0.2) is 0 Å². The number of hydrogen-bond donors (Lipinski definition) is 1. The van der Waals surface area contributed by atoms with Crippen molar-refractivity contribution in [2.45, 2.75) is 45.7 Å². The molecule has 0 aromatic carbocycles. The monoisotopic (exact) mass is 370 g/mol. The third-order valence-electron chi connectivity index (χ3n) is 6.22. The molecule has 9 heteroatoms. The molecular weight excluding hydrogens is 342 g/mol. The van der Waals surface area contributed by atoms with Crippen LogP contribution in [0.2, 0.25) is 6.82 Å². The summed E-state index contributed by atoms with van der Waals surface area (Å²) in [6.07, 6.45) is 3.82. The third kappa shape index (κ3) is 3.27. The maximum Gasteiger partial charge on any atom is 0.496 e. The summed E-state index contributed by atoms with van der Waals surface area (Å²) in [6, 6.07) is 4.17. The van der Waals surface area contributed by atoms with Crippen LogP contribution >= 0.6 is 0 Å². The van der Waals surface area contributed by atoms with Gasteiger partial charge in [0.2, 0.25) is 0 Å². The Bertz CT molecular complexity index is 815. The van der Waals surface area contributed by atoms with E-state index in [1.807, 2.05) is 23.7 Å². The second kappa shape index (κ2) is 6.51. The van der Waals surface area contributed by atoms with Crippen LogP contribution in [0.25, 0.3) is 5.52 Å². The van der Waals surface area contributed by atoms with Crippen LogP contribution in [0.3, 0.4) is 0 Å². The Morgan fingerprint density at radius 2 is 1.74 bits per heavy atom. The molecule has 2 aromatic rings. The van der Waals surface area contributed by atoms with Crippen LogP contribution in [-0.4, -0.2) is 71.0 Å². The topological polar surface area (TPSA) is 62.5 Å². The van der Waals surface area contributed by atoms with Crippen LogP contribution in [-0.2, 0) is 9.31 Å². The van der Waals surface area contributed by atoms with Gasteiger partial charge in [-0.05, 0) is 46.7 Å². The van der Waals surface area contributed by atoms with Crippen molar-refractivity contribution in [1.82, 2.24) is 14.4 Å². The van der Waals surface area contributed by atoms with Gasteiger partial charge in [-0.3, -0.25) is 0 Å². The van der Waals surface area contributed by atoms with Crippen LogP contribution in [0, 0.1) is 0 Å². The van der Waals surface area contributed by atoms with E-state index >= 15 is 0 Å². The maximum atomic E-state index is 9.78. The Labute approximate surface area is 161 Å². The molecule has 1 N–H and O–H groups in total. The predicted octanol–water partition coefficient (Wildman–Crippen LogP) is 0.866. The average Bonchev–Trinajstić information content (AvgIpc) is 3.13. The molecule has 0 aliphatic carbocycles. The normalized spacial score (nSPS) is 22.6. The molecule has 0 bridgehead atoms. The van der Waals surface area contributed by atoms with Crippen molar-refractivity contribution in [2.24, 2.45) is 0 Å². The van der Waals surface area contributed by atoms with Gasteiger partial charge in [-0.15, -0.1) is 0 Å². The van der Waals surface area contributed by atoms with Crippen molar-refractivity contribution in [3.63, 3.8) is 0 Å². The van der Waals surface area contributed by atoms with Crippen molar-refractivity contribution in [3.8, 4) is 0 Å². The first-order valence-electron chi connectivity index (χ1n) is 9.68. The SMILES string of the molecule is CB(O)N1CCN(c2ccnn3cc(B4OC(C)(C)C(C)(C)O4)cc23)CC1. The Balaban J connectivity index is 1.60. The molecule has 144 valence electrons. The Morgan fingerprint density at radius 1 is 1.11 bits per heavy atom. The predicted molar refractivity (Wildman–Crippen MR) is 109 cm³/mol. The lowest BCUT2D eigenvalue weighted by Gasteiger charge is -2.36. The summed E-state index contributed by atoms with van der Waals surface area (Å²) in [7, 11) is -0.787. The highest BCUT2D eigenvalue weighted by Crippen LogP contribution is 2.36. The van der Waals surface area contributed by atoms with E-state index < -0.39 is 14.2 Å². The molecule has 2 aromatic heterocycles. The first-order valence-corrected chi connectivity index (χ1v) is 9.68. The quantitative estimate of drug-likeness (QED) is 0.810. The van der Waals surface area contributed by atoms with Crippen molar-refractivity contribution in [1.29, 1.82) is 0 Å². The minimum Gasteiger partial charge on any atom is -0.437 e. The van der Waals surface area contributed by atoms with Crippen LogP contribution < -0.4 is 10.4 Å². The zero-order chi connectivity index (χ0) is 19.4. The van der Waals surface area contributed by atoms with Gasteiger partial charge in [0.1, 0.15) is 0 Å². The average molecular weight is 370 g/mol. The molecule has 0 radical (unpaired) electrons. The smallest absolute Gasteiger partial charge is 0.437 e. The molecule has 2 fully saturated rings. The van der Waals surface area contributed by atoms with E-state index in [0.717, 1.165) is 42.8 Å². The fourth-order valence-corrected chi connectivity index (χ4v) is 3.73. The molecule has 4 rings (SSSR count). The molecule has 2 aliphatic rings. The number of rotatable bonds is 3. The Kier molecular flexibility index (Phi) is 4.54. The number of nitrogens with zero attached hydrogens (tertiary/aromatic N) is 4. The van der Waals surface area contributed by atoms with Crippen LogP contribution in [0.4, 0.5) is 5.69 Å². The maximum absolute atomic E-state index is 9.78. The standard InChI is InChI=1S/C18H28B2N4O3/c1-17(2)18(3,4)27-20(26-17)14-12-16-15(6-7-21-24(16)13-14)22-8-10-23(11-9-22)19(5)25/h6-7,12-13,25H,8-11H2,1-5H3. The highest BCUT2D eigenvalue weighted by Gasteiger charge is 2.52. The molecule has 0 spiro atoms. The summed E-state index contributed by atoms with van der Waals surface area (Å²) >= 11 is 0. The Morgan fingerprint density at radius 3 is 2.33 bits per heavy atom. The summed E-state index contributed by atoms with van der Waals surface area (Å²) < 4.78 is 14.3. The zero-order valence-electron chi connectivity index (χ0n) is 16.8.